The average molecular weight is 606 g/mol. The van der Waals surface area contributed by atoms with E-state index in [1.54, 1.807) is 18.4 Å². The third-order valence-corrected chi connectivity index (χ3v) is 10.6. The lowest BCUT2D eigenvalue weighted by Gasteiger charge is -2.30. The Morgan fingerprint density at radius 3 is 2.67 bits per heavy atom. The van der Waals surface area contributed by atoms with Crippen LogP contribution in [0, 0.1) is 0 Å². The fourth-order valence-corrected chi connectivity index (χ4v) is 8.64. The molecule has 1 aliphatic heterocycles. The molecule has 3 aromatic carbocycles. The van der Waals surface area contributed by atoms with E-state index in [0.717, 1.165) is 55.1 Å². The van der Waals surface area contributed by atoms with Crippen molar-refractivity contribution in [3.63, 3.8) is 0 Å². The molecule has 0 N–H and O–H groups in total. The zero-order valence-electron chi connectivity index (χ0n) is 22.4. The lowest BCUT2D eigenvalue weighted by molar-refractivity contribution is 0.414. The largest absolute Gasteiger partial charge is 0.497 e. The number of hydrogen-bond acceptors (Lipinski definition) is 8. The zero-order valence-corrected chi connectivity index (χ0v) is 24.9. The van der Waals surface area contributed by atoms with Crippen molar-refractivity contribution in [2.24, 2.45) is 4.99 Å². The molecular formula is C33H23N3O3S3. The van der Waals surface area contributed by atoms with Crippen molar-refractivity contribution >= 4 is 56.4 Å². The topological polar surface area (TPSA) is 69.6 Å². The van der Waals surface area contributed by atoms with Gasteiger partial charge in [0.1, 0.15) is 11.5 Å². The van der Waals surface area contributed by atoms with Crippen LogP contribution in [0.25, 0.3) is 22.0 Å². The fraction of sp³-hybridized carbons (Fsp3) is 0.121. The van der Waals surface area contributed by atoms with Crippen LogP contribution in [0.4, 0.5) is 0 Å². The van der Waals surface area contributed by atoms with Gasteiger partial charge in [-0.25, -0.2) is 9.98 Å². The van der Waals surface area contributed by atoms with Gasteiger partial charge in [0.2, 0.25) is 0 Å². The average Bonchev–Trinajstić information content (AvgIpc) is 3.73. The molecule has 9 heteroatoms. The van der Waals surface area contributed by atoms with Gasteiger partial charge < -0.3 is 9.15 Å². The van der Waals surface area contributed by atoms with Crippen molar-refractivity contribution in [3.8, 4) is 5.75 Å². The Morgan fingerprint density at radius 1 is 0.976 bits per heavy atom. The van der Waals surface area contributed by atoms with E-state index in [-0.39, 0.29) is 11.6 Å². The van der Waals surface area contributed by atoms with Crippen LogP contribution in [0.2, 0.25) is 0 Å². The number of aromatic nitrogens is 2. The number of para-hydroxylation sites is 1. The molecule has 0 bridgehead atoms. The lowest BCUT2D eigenvalue weighted by atomic mass is 9.83. The van der Waals surface area contributed by atoms with Gasteiger partial charge in [-0.2, -0.15) is 0 Å². The van der Waals surface area contributed by atoms with E-state index in [1.165, 1.54) is 34.2 Å². The summed E-state index contributed by atoms with van der Waals surface area (Å²) in [7, 11) is 1.66. The van der Waals surface area contributed by atoms with E-state index < -0.39 is 0 Å². The number of allylic oxidation sites excluding steroid dienone is 1. The predicted octanol–water partition coefficient (Wildman–Crippen LogP) is 6.68. The molecule has 6 aromatic rings. The summed E-state index contributed by atoms with van der Waals surface area (Å²) in [4.78, 5) is 24.5. The van der Waals surface area contributed by atoms with Crippen molar-refractivity contribution in [2.75, 3.05) is 7.11 Å². The van der Waals surface area contributed by atoms with E-state index >= 15 is 0 Å². The predicted molar refractivity (Wildman–Crippen MR) is 168 cm³/mol. The van der Waals surface area contributed by atoms with Gasteiger partial charge in [-0.15, -0.1) is 11.3 Å². The van der Waals surface area contributed by atoms with Gasteiger partial charge in [0.25, 0.3) is 5.56 Å². The summed E-state index contributed by atoms with van der Waals surface area (Å²) in [6.07, 6.45) is 3.60. The second-order valence-corrected chi connectivity index (χ2v) is 13.4. The number of thiazole rings is 2. The van der Waals surface area contributed by atoms with Gasteiger partial charge in [-0.1, -0.05) is 59.9 Å². The Bertz CT molecular complexity index is 2170. The Hall–Kier alpha value is -4.18. The molecule has 0 amide bonds. The number of fused-ring (bicyclic) bond motifs is 4. The molecule has 0 spiro atoms. The normalized spacial score (nSPS) is 16.2. The maximum Gasteiger partial charge on any atom is 0.271 e. The quantitative estimate of drug-likeness (QED) is 0.219. The van der Waals surface area contributed by atoms with Crippen LogP contribution in [-0.2, 0) is 6.42 Å². The van der Waals surface area contributed by atoms with E-state index in [0.29, 0.717) is 15.1 Å². The van der Waals surface area contributed by atoms with E-state index in [4.69, 9.17) is 19.1 Å². The van der Waals surface area contributed by atoms with Crippen LogP contribution >= 0.6 is 34.4 Å². The smallest absolute Gasteiger partial charge is 0.271 e. The minimum atomic E-state index is -0.237. The number of nitrogens with zero attached hydrogens (tertiary/aromatic N) is 3. The Labute approximate surface area is 253 Å². The van der Waals surface area contributed by atoms with E-state index in [1.807, 2.05) is 53.1 Å². The van der Waals surface area contributed by atoms with Crippen LogP contribution < -0.4 is 19.6 Å². The number of furan rings is 1. The van der Waals surface area contributed by atoms with Crippen LogP contribution in [0.5, 0.6) is 5.75 Å². The summed E-state index contributed by atoms with van der Waals surface area (Å²) >= 11 is 4.53. The number of ether oxygens (including phenoxy) is 1. The number of rotatable bonds is 5. The van der Waals surface area contributed by atoms with E-state index in [9.17, 15) is 4.79 Å². The van der Waals surface area contributed by atoms with Crippen LogP contribution in [-0.4, -0.2) is 16.7 Å². The molecule has 6 nitrogen and oxygen atoms in total. The first kappa shape index (κ1) is 25.5. The molecule has 0 fully saturated rings. The summed E-state index contributed by atoms with van der Waals surface area (Å²) in [5.41, 5.74) is 6.55. The number of hydrogen-bond donors (Lipinski definition) is 0. The lowest BCUT2D eigenvalue weighted by Crippen LogP contribution is -2.38. The first-order valence-corrected chi connectivity index (χ1v) is 16.0. The van der Waals surface area contributed by atoms with Crippen LogP contribution in [0.15, 0.2) is 114 Å². The summed E-state index contributed by atoms with van der Waals surface area (Å²) in [6.45, 7) is 0. The molecule has 0 saturated carbocycles. The molecule has 0 saturated heterocycles. The number of aryl methyl sites for hydroxylation is 1. The summed E-state index contributed by atoms with van der Waals surface area (Å²) in [6, 6.07) is 28.1. The molecular weight excluding hydrogens is 583 g/mol. The molecule has 0 radical (unpaired) electrons. The Morgan fingerprint density at radius 2 is 1.81 bits per heavy atom. The van der Waals surface area contributed by atoms with Gasteiger partial charge in [-0.05, 0) is 77.7 Å². The highest BCUT2D eigenvalue weighted by molar-refractivity contribution is 8.01. The SMILES string of the molecule is COc1ccc([C@H]2C3=C(N=c4s/c(=C\c5ccc(Sc6nc7ccccc7s6)o5)c(=O)n42)c2ccccc2CC3)cc1. The highest BCUT2D eigenvalue weighted by atomic mass is 32.2. The highest BCUT2D eigenvalue weighted by Gasteiger charge is 2.32. The summed E-state index contributed by atoms with van der Waals surface area (Å²) < 4.78 is 16.0. The number of benzene rings is 3. The van der Waals surface area contributed by atoms with Crippen molar-refractivity contribution in [2.45, 2.75) is 28.3 Å². The first-order valence-electron chi connectivity index (χ1n) is 13.5. The van der Waals surface area contributed by atoms with Crippen LogP contribution in [0.1, 0.15) is 34.9 Å². The van der Waals surface area contributed by atoms with Gasteiger partial charge in [-0.3, -0.25) is 9.36 Å². The van der Waals surface area contributed by atoms with Crippen molar-refractivity contribution in [1.29, 1.82) is 0 Å². The monoisotopic (exact) mass is 605 g/mol. The third-order valence-electron chi connectivity index (χ3n) is 7.64. The van der Waals surface area contributed by atoms with Crippen molar-refractivity contribution in [1.82, 2.24) is 9.55 Å². The molecule has 8 rings (SSSR count). The second kappa shape index (κ2) is 10.3. The molecule has 1 atom stereocenters. The third kappa shape index (κ3) is 4.36. The molecule has 0 unspecified atom stereocenters. The maximum atomic E-state index is 14.0. The fourth-order valence-electron chi connectivity index (χ4n) is 5.69. The summed E-state index contributed by atoms with van der Waals surface area (Å²) in [5, 5.41) is 0.733. The van der Waals surface area contributed by atoms with Crippen LogP contribution in [0.3, 0.4) is 0 Å². The van der Waals surface area contributed by atoms with Gasteiger partial charge in [0, 0.05) is 11.6 Å². The van der Waals surface area contributed by atoms with Gasteiger partial charge >= 0.3 is 0 Å². The number of methoxy groups -OCH3 is 1. The Balaban J connectivity index is 1.22. The molecule has 206 valence electrons. The zero-order chi connectivity index (χ0) is 28.2. The second-order valence-electron chi connectivity index (χ2n) is 10.1. The van der Waals surface area contributed by atoms with Gasteiger partial charge in [0.15, 0.2) is 14.2 Å². The highest BCUT2D eigenvalue weighted by Crippen LogP contribution is 2.41. The molecule has 2 aliphatic rings. The first-order chi connectivity index (χ1) is 20.6. The summed E-state index contributed by atoms with van der Waals surface area (Å²) in [5.74, 6) is 1.41. The standard InChI is InChI=1S/C33H23N3O3S3/c1-38-21-13-10-20(11-14-21)30-24-16-12-19-6-2-3-7-23(19)29(24)35-32-36(30)31(37)27(40-32)18-22-15-17-28(39-22)42-33-34-25-8-4-5-9-26(25)41-33/h2-11,13-15,17-18,30H,12,16H2,1H3/b27-18-/t30-/m0/s1. The molecule has 42 heavy (non-hydrogen) atoms. The Kier molecular flexibility index (Phi) is 6.24. The minimum absolute atomic E-state index is 0.0678. The maximum absolute atomic E-state index is 14.0. The van der Waals surface area contributed by atoms with Gasteiger partial charge in [0.05, 0.1) is 33.6 Å². The molecule has 1 aliphatic carbocycles. The molecule has 3 aromatic heterocycles. The minimum Gasteiger partial charge on any atom is -0.497 e. The molecule has 4 heterocycles. The van der Waals surface area contributed by atoms with Crippen molar-refractivity contribution < 1.29 is 9.15 Å². The van der Waals surface area contributed by atoms with Crippen molar-refractivity contribution in [3.05, 3.63) is 133 Å². The van der Waals surface area contributed by atoms with E-state index in [2.05, 4.69) is 42.5 Å².